The second kappa shape index (κ2) is 9.23. The monoisotopic (exact) mass is 396 g/mol. The summed E-state index contributed by atoms with van der Waals surface area (Å²) in [4.78, 5) is 28.6. The average Bonchev–Trinajstić information content (AvgIpc) is 2.70. The number of ether oxygens (including phenoxy) is 2. The van der Waals surface area contributed by atoms with Crippen LogP contribution in [0.4, 0.5) is 0 Å². The van der Waals surface area contributed by atoms with Crippen molar-refractivity contribution in [1.82, 2.24) is 5.32 Å². The lowest BCUT2D eigenvalue weighted by Gasteiger charge is -2.21. The summed E-state index contributed by atoms with van der Waals surface area (Å²) < 4.78 is 11.2. The van der Waals surface area contributed by atoms with Gasteiger partial charge in [-0.05, 0) is 44.0 Å². The zero-order valence-corrected chi connectivity index (χ0v) is 16.5. The molecule has 0 spiro atoms. The van der Waals surface area contributed by atoms with E-state index in [9.17, 15) is 14.7 Å². The van der Waals surface area contributed by atoms with Gasteiger partial charge in [-0.25, -0.2) is 4.99 Å². The molecule has 0 radical (unpaired) electrons. The van der Waals surface area contributed by atoms with E-state index in [-0.39, 0.29) is 11.3 Å². The largest absolute Gasteiger partial charge is 0.510 e. The zero-order valence-electron chi connectivity index (χ0n) is 16.5. The maximum atomic E-state index is 12.5. The first-order valence-corrected chi connectivity index (χ1v) is 9.62. The SMILES string of the molecule is CCOc1ccc(CCNC(=O)C2=C(O)C3C=CC=CC3=NC2=O)cc1OCC. The van der Waals surface area contributed by atoms with Gasteiger partial charge in [0.25, 0.3) is 11.8 Å². The number of allylic oxidation sites excluding steroid dienone is 4. The molecule has 1 aliphatic heterocycles. The number of nitrogens with zero attached hydrogens (tertiary/aromatic N) is 1. The molecule has 0 fully saturated rings. The first-order valence-electron chi connectivity index (χ1n) is 9.62. The summed E-state index contributed by atoms with van der Waals surface area (Å²) in [5, 5.41) is 13.1. The molecule has 0 saturated carbocycles. The van der Waals surface area contributed by atoms with Gasteiger partial charge in [0.1, 0.15) is 11.3 Å². The van der Waals surface area contributed by atoms with Crippen LogP contribution in [-0.4, -0.2) is 42.4 Å². The Morgan fingerprint density at radius 3 is 2.69 bits per heavy atom. The number of aliphatic hydroxyl groups is 1. The lowest BCUT2D eigenvalue weighted by atomic mass is 9.90. The normalized spacial score (nSPS) is 17.7. The molecule has 2 N–H and O–H groups in total. The van der Waals surface area contributed by atoms with Crippen molar-refractivity contribution >= 4 is 17.5 Å². The molecular weight excluding hydrogens is 372 g/mol. The summed E-state index contributed by atoms with van der Waals surface area (Å²) in [6.07, 6.45) is 7.35. The number of carbonyl (C=O) groups excluding carboxylic acids is 2. The van der Waals surface area contributed by atoms with Gasteiger partial charge in [0.2, 0.25) is 0 Å². The molecule has 29 heavy (non-hydrogen) atoms. The number of fused-ring (bicyclic) bond motifs is 1. The number of amides is 2. The highest BCUT2D eigenvalue weighted by atomic mass is 16.5. The van der Waals surface area contributed by atoms with E-state index >= 15 is 0 Å². The van der Waals surface area contributed by atoms with Crippen molar-refractivity contribution in [2.75, 3.05) is 19.8 Å². The first-order chi connectivity index (χ1) is 14.0. The molecule has 7 nitrogen and oxygen atoms in total. The van der Waals surface area contributed by atoms with Gasteiger partial charge in [0.15, 0.2) is 11.5 Å². The van der Waals surface area contributed by atoms with Crippen LogP contribution < -0.4 is 14.8 Å². The van der Waals surface area contributed by atoms with E-state index in [0.29, 0.717) is 43.4 Å². The molecule has 2 amide bonds. The van der Waals surface area contributed by atoms with Crippen LogP contribution in [0.3, 0.4) is 0 Å². The van der Waals surface area contributed by atoms with Crippen molar-refractivity contribution < 1.29 is 24.2 Å². The lowest BCUT2D eigenvalue weighted by molar-refractivity contribution is -0.122. The number of dihydropyridines is 1. The van der Waals surface area contributed by atoms with Crippen LogP contribution in [-0.2, 0) is 16.0 Å². The van der Waals surface area contributed by atoms with Gasteiger partial charge in [-0.2, -0.15) is 0 Å². The van der Waals surface area contributed by atoms with Crippen molar-refractivity contribution in [1.29, 1.82) is 0 Å². The second-order valence-electron chi connectivity index (χ2n) is 6.48. The Balaban J connectivity index is 1.64. The number of carbonyl (C=O) groups is 2. The topological polar surface area (TPSA) is 97.2 Å². The fourth-order valence-electron chi connectivity index (χ4n) is 3.18. The van der Waals surface area contributed by atoms with Gasteiger partial charge < -0.3 is 19.9 Å². The van der Waals surface area contributed by atoms with E-state index in [1.807, 2.05) is 32.0 Å². The van der Waals surface area contributed by atoms with E-state index in [0.717, 1.165) is 5.56 Å². The quantitative estimate of drug-likeness (QED) is 0.659. The third-order valence-electron chi connectivity index (χ3n) is 4.53. The van der Waals surface area contributed by atoms with Crippen molar-refractivity contribution in [2.45, 2.75) is 20.3 Å². The Morgan fingerprint density at radius 2 is 1.93 bits per heavy atom. The van der Waals surface area contributed by atoms with Crippen molar-refractivity contribution in [3.8, 4) is 11.5 Å². The van der Waals surface area contributed by atoms with Crippen molar-refractivity contribution in [3.63, 3.8) is 0 Å². The van der Waals surface area contributed by atoms with E-state index in [1.165, 1.54) is 0 Å². The van der Waals surface area contributed by atoms with Crippen LogP contribution in [0, 0.1) is 5.92 Å². The van der Waals surface area contributed by atoms with Gasteiger partial charge in [-0.1, -0.05) is 24.3 Å². The molecule has 1 unspecified atom stereocenters. The minimum Gasteiger partial charge on any atom is -0.510 e. The van der Waals surface area contributed by atoms with Gasteiger partial charge in [-0.15, -0.1) is 0 Å². The molecular formula is C22H24N2O5. The minimum atomic E-state index is -0.731. The highest BCUT2D eigenvalue weighted by Gasteiger charge is 2.33. The van der Waals surface area contributed by atoms with Gasteiger partial charge in [0, 0.05) is 6.54 Å². The molecule has 1 atom stereocenters. The Morgan fingerprint density at radius 1 is 1.17 bits per heavy atom. The number of hydrogen-bond acceptors (Lipinski definition) is 5. The second-order valence-corrected chi connectivity index (χ2v) is 6.48. The van der Waals surface area contributed by atoms with Crippen LogP contribution in [0.25, 0.3) is 0 Å². The fraction of sp³-hybridized carbons (Fsp3) is 0.318. The third kappa shape index (κ3) is 4.56. The van der Waals surface area contributed by atoms with Crippen molar-refractivity contribution in [2.24, 2.45) is 10.9 Å². The van der Waals surface area contributed by atoms with E-state index < -0.39 is 17.7 Å². The molecule has 1 aromatic rings. The lowest BCUT2D eigenvalue weighted by Crippen LogP contribution is -2.35. The minimum absolute atomic E-state index is 0.266. The molecule has 3 rings (SSSR count). The number of nitrogens with one attached hydrogen (secondary N) is 1. The maximum Gasteiger partial charge on any atom is 0.286 e. The fourth-order valence-corrected chi connectivity index (χ4v) is 3.18. The van der Waals surface area contributed by atoms with Crippen molar-refractivity contribution in [3.05, 3.63) is 59.4 Å². The Labute approximate surface area is 169 Å². The maximum absolute atomic E-state index is 12.5. The Bertz CT molecular complexity index is 927. The summed E-state index contributed by atoms with van der Waals surface area (Å²) in [6.45, 7) is 5.15. The molecule has 0 aromatic heterocycles. The predicted octanol–water partition coefficient (Wildman–Crippen LogP) is 2.68. The van der Waals surface area contributed by atoms with E-state index in [1.54, 1.807) is 24.3 Å². The number of hydrogen-bond donors (Lipinski definition) is 2. The molecule has 1 heterocycles. The summed E-state index contributed by atoms with van der Waals surface area (Å²) in [6, 6.07) is 5.61. The summed E-state index contributed by atoms with van der Waals surface area (Å²) in [5.74, 6) is -0.857. The molecule has 1 aromatic carbocycles. The summed E-state index contributed by atoms with van der Waals surface area (Å²) >= 11 is 0. The summed E-state index contributed by atoms with van der Waals surface area (Å²) in [5.41, 5.74) is 1.08. The molecule has 0 bridgehead atoms. The molecule has 0 saturated heterocycles. The highest BCUT2D eigenvalue weighted by Crippen LogP contribution is 2.29. The van der Waals surface area contributed by atoms with Gasteiger partial charge in [-0.3, -0.25) is 9.59 Å². The Kier molecular flexibility index (Phi) is 6.49. The number of rotatable bonds is 8. The van der Waals surface area contributed by atoms with Crippen LogP contribution in [0.2, 0.25) is 0 Å². The third-order valence-corrected chi connectivity index (χ3v) is 4.53. The standard InChI is InChI=1S/C22H24N2O5/c1-3-28-17-10-9-14(13-18(17)29-4-2)11-12-23-21(26)19-20(25)15-7-5-6-8-16(15)24-22(19)27/h5-10,13,15,25H,3-4,11-12H2,1-2H3,(H,23,26). The zero-order chi connectivity index (χ0) is 20.8. The van der Waals surface area contributed by atoms with Gasteiger partial charge >= 0.3 is 0 Å². The average molecular weight is 396 g/mol. The highest BCUT2D eigenvalue weighted by molar-refractivity contribution is 6.25. The smallest absolute Gasteiger partial charge is 0.286 e. The predicted molar refractivity (Wildman–Crippen MR) is 109 cm³/mol. The Hall–Kier alpha value is -3.35. The number of aliphatic imine (C=N–C) groups is 1. The van der Waals surface area contributed by atoms with Crippen LogP contribution >= 0.6 is 0 Å². The first kappa shape index (κ1) is 20.4. The van der Waals surface area contributed by atoms with E-state index in [4.69, 9.17) is 9.47 Å². The van der Waals surface area contributed by atoms with Crippen LogP contribution in [0.5, 0.6) is 11.5 Å². The molecule has 152 valence electrons. The van der Waals surface area contributed by atoms with Gasteiger partial charge in [0.05, 0.1) is 24.8 Å². The number of aliphatic hydroxyl groups excluding tert-OH is 1. The molecule has 1 aliphatic carbocycles. The van der Waals surface area contributed by atoms with E-state index in [2.05, 4.69) is 10.3 Å². The van der Waals surface area contributed by atoms with Crippen LogP contribution in [0.1, 0.15) is 19.4 Å². The molecule has 7 heteroatoms. The molecule has 2 aliphatic rings. The van der Waals surface area contributed by atoms with Crippen LogP contribution in [0.15, 0.2) is 58.8 Å². The number of benzene rings is 1. The summed E-state index contributed by atoms with van der Waals surface area (Å²) in [7, 11) is 0.